The summed E-state index contributed by atoms with van der Waals surface area (Å²) in [5, 5.41) is 0. The van der Waals surface area contributed by atoms with Crippen LogP contribution in [0.3, 0.4) is 0 Å². The molecule has 2 N–H and O–H groups in total. The SMILES string of the molecule is Cc1cc(CCN)ccc1N1CCCS(=O)(=O)CC1. The maximum Gasteiger partial charge on any atom is 0.152 e. The number of aryl methyl sites for hydroxylation is 1. The third kappa shape index (κ3) is 3.70. The Labute approximate surface area is 115 Å². The molecule has 1 aromatic rings. The van der Waals surface area contributed by atoms with Crippen molar-refractivity contribution in [2.75, 3.05) is 36.0 Å². The third-order valence-corrected chi connectivity index (χ3v) is 5.31. The monoisotopic (exact) mass is 282 g/mol. The van der Waals surface area contributed by atoms with E-state index in [2.05, 4.69) is 30.0 Å². The van der Waals surface area contributed by atoms with Gasteiger partial charge in [0.05, 0.1) is 11.5 Å². The highest BCUT2D eigenvalue weighted by atomic mass is 32.2. The predicted molar refractivity (Wildman–Crippen MR) is 79.4 cm³/mol. The lowest BCUT2D eigenvalue weighted by Crippen LogP contribution is -2.27. The van der Waals surface area contributed by atoms with Gasteiger partial charge in [-0.15, -0.1) is 0 Å². The van der Waals surface area contributed by atoms with Crippen LogP contribution in [0.15, 0.2) is 18.2 Å². The van der Waals surface area contributed by atoms with Gasteiger partial charge in [-0.2, -0.15) is 0 Å². The van der Waals surface area contributed by atoms with Gasteiger partial charge in [-0.05, 0) is 43.5 Å². The maximum absolute atomic E-state index is 11.6. The lowest BCUT2D eigenvalue weighted by atomic mass is 10.1. The second-order valence-corrected chi connectivity index (χ2v) is 7.46. The fourth-order valence-corrected chi connectivity index (χ4v) is 3.85. The van der Waals surface area contributed by atoms with Crippen molar-refractivity contribution < 1.29 is 8.42 Å². The number of hydrogen-bond donors (Lipinski definition) is 1. The van der Waals surface area contributed by atoms with Gasteiger partial charge < -0.3 is 10.6 Å². The molecule has 106 valence electrons. The fourth-order valence-electron chi connectivity index (χ4n) is 2.57. The molecule has 4 nitrogen and oxygen atoms in total. The first-order valence-electron chi connectivity index (χ1n) is 6.77. The van der Waals surface area contributed by atoms with Crippen molar-refractivity contribution in [3.8, 4) is 0 Å². The highest BCUT2D eigenvalue weighted by molar-refractivity contribution is 7.91. The van der Waals surface area contributed by atoms with Crippen LogP contribution >= 0.6 is 0 Å². The van der Waals surface area contributed by atoms with Gasteiger partial charge in [0.1, 0.15) is 0 Å². The van der Waals surface area contributed by atoms with Gasteiger partial charge in [-0.1, -0.05) is 12.1 Å². The molecule has 0 unspecified atom stereocenters. The molecule has 1 aliphatic rings. The van der Waals surface area contributed by atoms with E-state index in [1.807, 2.05) is 0 Å². The molecule has 0 saturated carbocycles. The summed E-state index contributed by atoms with van der Waals surface area (Å²) in [6.45, 7) is 4.14. The second kappa shape index (κ2) is 5.92. The van der Waals surface area contributed by atoms with Crippen molar-refractivity contribution in [3.05, 3.63) is 29.3 Å². The molecule has 0 atom stereocenters. The number of anilines is 1. The minimum atomic E-state index is -2.85. The molecular weight excluding hydrogens is 260 g/mol. The van der Waals surface area contributed by atoms with Gasteiger partial charge >= 0.3 is 0 Å². The molecular formula is C14H22N2O2S. The minimum Gasteiger partial charge on any atom is -0.370 e. The topological polar surface area (TPSA) is 63.4 Å². The summed E-state index contributed by atoms with van der Waals surface area (Å²) in [4.78, 5) is 2.19. The predicted octanol–water partition coefficient (Wildman–Crippen LogP) is 1.12. The molecule has 0 amide bonds. The molecule has 0 aliphatic carbocycles. The molecule has 1 saturated heterocycles. The van der Waals surface area contributed by atoms with Crippen LogP contribution in [0.1, 0.15) is 17.5 Å². The van der Waals surface area contributed by atoms with E-state index in [1.165, 1.54) is 11.1 Å². The normalized spacial score (nSPS) is 19.2. The maximum atomic E-state index is 11.6. The standard InChI is InChI=1S/C14H22N2O2S/c1-12-11-13(5-6-15)3-4-14(12)16-7-2-9-19(17,18)10-8-16/h3-4,11H,2,5-10,15H2,1H3. The first kappa shape index (κ1) is 14.3. The van der Waals surface area contributed by atoms with Crippen LogP contribution in [0.25, 0.3) is 0 Å². The van der Waals surface area contributed by atoms with Gasteiger partial charge in [0.15, 0.2) is 9.84 Å². The van der Waals surface area contributed by atoms with Gasteiger partial charge in [0.2, 0.25) is 0 Å². The van der Waals surface area contributed by atoms with Crippen LogP contribution in [0.4, 0.5) is 5.69 Å². The van der Waals surface area contributed by atoms with Crippen molar-refractivity contribution >= 4 is 15.5 Å². The molecule has 2 rings (SSSR count). The quantitative estimate of drug-likeness (QED) is 0.902. The average Bonchev–Trinajstić information content (AvgIpc) is 2.51. The summed E-state index contributed by atoms with van der Waals surface area (Å²) in [7, 11) is -2.85. The molecule has 5 heteroatoms. The number of hydrogen-bond acceptors (Lipinski definition) is 4. The van der Waals surface area contributed by atoms with Crippen molar-refractivity contribution in [1.82, 2.24) is 0 Å². The van der Waals surface area contributed by atoms with Crippen LogP contribution < -0.4 is 10.6 Å². The van der Waals surface area contributed by atoms with E-state index in [9.17, 15) is 8.42 Å². The molecule has 19 heavy (non-hydrogen) atoms. The summed E-state index contributed by atoms with van der Waals surface area (Å²) >= 11 is 0. The molecule has 1 aromatic carbocycles. The van der Waals surface area contributed by atoms with E-state index in [4.69, 9.17) is 5.73 Å². The number of sulfone groups is 1. The van der Waals surface area contributed by atoms with E-state index in [0.717, 1.165) is 18.7 Å². The first-order valence-corrected chi connectivity index (χ1v) is 8.59. The second-order valence-electron chi connectivity index (χ2n) is 5.15. The smallest absolute Gasteiger partial charge is 0.152 e. The first-order chi connectivity index (χ1) is 9.02. The van der Waals surface area contributed by atoms with Gasteiger partial charge in [-0.25, -0.2) is 8.42 Å². The molecule has 1 aliphatic heterocycles. The Morgan fingerprint density at radius 3 is 2.74 bits per heavy atom. The Bertz CT molecular complexity index is 540. The summed E-state index contributed by atoms with van der Waals surface area (Å²) in [5.41, 5.74) is 9.16. The highest BCUT2D eigenvalue weighted by Gasteiger charge is 2.20. The van der Waals surface area contributed by atoms with Crippen molar-refractivity contribution in [1.29, 1.82) is 0 Å². The molecule has 1 heterocycles. The Morgan fingerprint density at radius 2 is 2.05 bits per heavy atom. The molecule has 0 spiro atoms. The van der Waals surface area contributed by atoms with E-state index in [-0.39, 0.29) is 5.75 Å². The summed E-state index contributed by atoms with van der Waals surface area (Å²) in [6.07, 6.45) is 1.60. The Morgan fingerprint density at radius 1 is 1.26 bits per heavy atom. The Balaban J connectivity index is 2.17. The largest absolute Gasteiger partial charge is 0.370 e. The fraction of sp³-hybridized carbons (Fsp3) is 0.571. The van der Waals surface area contributed by atoms with E-state index in [0.29, 0.717) is 25.3 Å². The molecule has 0 aromatic heterocycles. The van der Waals surface area contributed by atoms with E-state index in [1.54, 1.807) is 0 Å². The zero-order valence-corrected chi connectivity index (χ0v) is 12.2. The van der Waals surface area contributed by atoms with Crippen LogP contribution in [-0.2, 0) is 16.3 Å². The minimum absolute atomic E-state index is 0.261. The number of nitrogens with zero attached hydrogens (tertiary/aromatic N) is 1. The number of rotatable bonds is 3. The molecule has 1 fully saturated rings. The van der Waals surface area contributed by atoms with Gasteiger partial charge in [-0.3, -0.25) is 0 Å². The highest BCUT2D eigenvalue weighted by Crippen LogP contribution is 2.23. The Kier molecular flexibility index (Phi) is 4.47. The summed E-state index contributed by atoms with van der Waals surface area (Å²) in [6, 6.07) is 6.34. The lowest BCUT2D eigenvalue weighted by molar-refractivity contribution is 0.597. The van der Waals surface area contributed by atoms with Crippen LogP contribution in [0, 0.1) is 6.92 Å². The third-order valence-electron chi connectivity index (χ3n) is 3.59. The molecule has 0 radical (unpaired) electrons. The van der Waals surface area contributed by atoms with Crippen LogP contribution in [-0.4, -0.2) is 39.6 Å². The van der Waals surface area contributed by atoms with E-state index >= 15 is 0 Å². The molecule has 0 bridgehead atoms. The Hall–Kier alpha value is -1.07. The summed E-state index contributed by atoms with van der Waals surface area (Å²) < 4.78 is 23.3. The van der Waals surface area contributed by atoms with E-state index < -0.39 is 9.84 Å². The van der Waals surface area contributed by atoms with Crippen molar-refractivity contribution in [2.45, 2.75) is 19.8 Å². The van der Waals surface area contributed by atoms with Crippen molar-refractivity contribution in [3.63, 3.8) is 0 Å². The summed E-state index contributed by atoms with van der Waals surface area (Å²) in [5.74, 6) is 0.574. The van der Waals surface area contributed by atoms with Crippen LogP contribution in [0.2, 0.25) is 0 Å². The average molecular weight is 282 g/mol. The number of benzene rings is 1. The zero-order valence-electron chi connectivity index (χ0n) is 11.4. The zero-order chi connectivity index (χ0) is 13.9. The van der Waals surface area contributed by atoms with Crippen LogP contribution in [0.5, 0.6) is 0 Å². The van der Waals surface area contributed by atoms with Gasteiger partial charge in [0.25, 0.3) is 0 Å². The number of nitrogens with two attached hydrogens (primary N) is 1. The lowest BCUT2D eigenvalue weighted by Gasteiger charge is -2.24. The van der Waals surface area contributed by atoms with Gasteiger partial charge in [0, 0.05) is 18.8 Å². The van der Waals surface area contributed by atoms with Crippen molar-refractivity contribution in [2.24, 2.45) is 5.73 Å².